The van der Waals surface area contributed by atoms with Crippen molar-refractivity contribution in [2.24, 2.45) is 5.10 Å². The molecule has 0 saturated heterocycles. The van der Waals surface area contributed by atoms with Crippen molar-refractivity contribution >= 4 is 35.3 Å². The Balaban J connectivity index is 1.52. The van der Waals surface area contributed by atoms with Gasteiger partial charge in [0, 0.05) is 22.6 Å². The number of benzene rings is 3. The minimum absolute atomic E-state index is 0.298. The van der Waals surface area contributed by atoms with E-state index in [1.807, 2.05) is 24.3 Å². The zero-order chi connectivity index (χ0) is 21.2. The molecule has 3 aromatic rings. The van der Waals surface area contributed by atoms with Crippen LogP contribution in [-0.4, -0.2) is 25.3 Å². The minimum Gasteiger partial charge on any atom is -0.493 e. The molecule has 0 radical (unpaired) electrons. The lowest BCUT2D eigenvalue weighted by Crippen LogP contribution is -2.17. The molecule has 0 aromatic heterocycles. The van der Waals surface area contributed by atoms with E-state index in [4.69, 9.17) is 32.7 Å². The highest BCUT2D eigenvalue weighted by atomic mass is 35.5. The molecule has 0 unspecified atom stereocenters. The van der Waals surface area contributed by atoms with Crippen molar-refractivity contribution in [1.29, 1.82) is 0 Å². The lowest BCUT2D eigenvalue weighted by molar-refractivity contribution is 0.0955. The fourth-order valence-electron chi connectivity index (χ4n) is 2.55. The van der Waals surface area contributed by atoms with Gasteiger partial charge < -0.3 is 9.47 Å². The molecule has 0 heterocycles. The number of nitrogens with one attached hydrogen (secondary N) is 1. The second-order valence-electron chi connectivity index (χ2n) is 6.23. The third-order valence-electron chi connectivity index (χ3n) is 4.02. The first-order valence-electron chi connectivity index (χ1n) is 9.31. The molecule has 0 atom stereocenters. The highest BCUT2D eigenvalue weighted by Gasteiger charge is 2.06. The second-order valence-corrected chi connectivity index (χ2v) is 7.07. The van der Waals surface area contributed by atoms with E-state index in [0.29, 0.717) is 52.3 Å². The summed E-state index contributed by atoms with van der Waals surface area (Å²) in [5.74, 6) is 0.954. The fraction of sp³-hybridized carbons (Fsp3) is 0.130. The molecule has 0 aliphatic rings. The van der Waals surface area contributed by atoms with E-state index in [1.54, 1.807) is 48.5 Å². The van der Waals surface area contributed by atoms with Gasteiger partial charge in [-0.15, -0.1) is 0 Å². The number of halogens is 2. The maximum Gasteiger partial charge on any atom is 0.271 e. The molecule has 0 aliphatic heterocycles. The average molecular weight is 443 g/mol. The summed E-state index contributed by atoms with van der Waals surface area (Å²) in [6, 6.07) is 21.4. The predicted molar refractivity (Wildman–Crippen MR) is 120 cm³/mol. The molecular formula is C23H20Cl2N2O3. The van der Waals surface area contributed by atoms with Crippen molar-refractivity contribution in [3.8, 4) is 11.5 Å². The topological polar surface area (TPSA) is 59.9 Å². The first-order valence-corrected chi connectivity index (χ1v) is 10.1. The second kappa shape index (κ2) is 11.2. The lowest BCUT2D eigenvalue weighted by atomic mass is 10.2. The molecule has 0 saturated carbocycles. The molecular weight excluding hydrogens is 423 g/mol. The number of carbonyl (C=O) groups excluding carboxylic acids is 1. The van der Waals surface area contributed by atoms with Crippen LogP contribution in [0.25, 0.3) is 0 Å². The van der Waals surface area contributed by atoms with Crippen LogP contribution in [0.5, 0.6) is 11.5 Å². The van der Waals surface area contributed by atoms with Gasteiger partial charge in [0.1, 0.15) is 11.5 Å². The van der Waals surface area contributed by atoms with Gasteiger partial charge in [-0.2, -0.15) is 5.10 Å². The van der Waals surface area contributed by atoms with Crippen LogP contribution >= 0.6 is 23.2 Å². The summed E-state index contributed by atoms with van der Waals surface area (Å²) in [5.41, 5.74) is 3.67. The van der Waals surface area contributed by atoms with Gasteiger partial charge in [0.25, 0.3) is 5.91 Å². The molecule has 1 N–H and O–H groups in total. The van der Waals surface area contributed by atoms with Crippen molar-refractivity contribution in [1.82, 2.24) is 5.43 Å². The lowest BCUT2D eigenvalue weighted by Gasteiger charge is -2.11. The third kappa shape index (κ3) is 6.51. The van der Waals surface area contributed by atoms with E-state index < -0.39 is 0 Å². The smallest absolute Gasteiger partial charge is 0.271 e. The van der Waals surface area contributed by atoms with E-state index in [1.165, 1.54) is 6.21 Å². The number of ether oxygens (including phenoxy) is 2. The fourth-order valence-corrected chi connectivity index (χ4v) is 2.92. The van der Waals surface area contributed by atoms with Crippen molar-refractivity contribution < 1.29 is 14.3 Å². The van der Waals surface area contributed by atoms with E-state index in [0.717, 1.165) is 0 Å². The summed E-state index contributed by atoms with van der Waals surface area (Å²) >= 11 is 12.1. The summed E-state index contributed by atoms with van der Waals surface area (Å²) < 4.78 is 11.5. The zero-order valence-electron chi connectivity index (χ0n) is 16.1. The number of carbonyl (C=O) groups is 1. The van der Waals surface area contributed by atoms with Gasteiger partial charge in [-0.05, 0) is 42.5 Å². The number of hydrogen-bond acceptors (Lipinski definition) is 4. The number of hydrogen-bond donors (Lipinski definition) is 1. The maximum atomic E-state index is 12.1. The zero-order valence-corrected chi connectivity index (χ0v) is 17.6. The van der Waals surface area contributed by atoms with E-state index >= 15 is 0 Å². The Bertz CT molecular complexity index is 1010. The highest BCUT2D eigenvalue weighted by Crippen LogP contribution is 2.24. The van der Waals surface area contributed by atoms with Crippen LogP contribution in [0.4, 0.5) is 0 Å². The largest absolute Gasteiger partial charge is 0.493 e. The highest BCUT2D eigenvalue weighted by molar-refractivity contribution is 6.32. The van der Waals surface area contributed by atoms with Gasteiger partial charge in [0.2, 0.25) is 0 Å². The predicted octanol–water partition coefficient (Wildman–Crippen LogP) is 5.61. The molecule has 154 valence electrons. The molecule has 3 aromatic carbocycles. The number of hydrazone groups is 1. The Labute approximate surface area is 185 Å². The Morgan fingerprint density at radius 1 is 0.900 bits per heavy atom. The summed E-state index contributed by atoms with van der Waals surface area (Å²) in [7, 11) is 0. The molecule has 30 heavy (non-hydrogen) atoms. The van der Waals surface area contributed by atoms with E-state index in [9.17, 15) is 4.79 Å². The van der Waals surface area contributed by atoms with Gasteiger partial charge in [0.15, 0.2) is 0 Å². The molecule has 0 spiro atoms. The van der Waals surface area contributed by atoms with Crippen molar-refractivity contribution in [3.05, 3.63) is 94.0 Å². The van der Waals surface area contributed by atoms with Gasteiger partial charge in [-0.3, -0.25) is 4.79 Å². The van der Waals surface area contributed by atoms with Crippen LogP contribution < -0.4 is 14.9 Å². The summed E-state index contributed by atoms with van der Waals surface area (Å²) in [5, 5.41) is 5.13. The number of rotatable bonds is 9. The van der Waals surface area contributed by atoms with Crippen LogP contribution in [0.15, 0.2) is 77.9 Å². The molecule has 3 rings (SSSR count). The van der Waals surface area contributed by atoms with Crippen molar-refractivity contribution in [2.45, 2.75) is 6.42 Å². The van der Waals surface area contributed by atoms with Crippen LogP contribution in [0.3, 0.4) is 0 Å². The Hall–Kier alpha value is -3.02. The molecule has 0 aliphatic carbocycles. The molecule has 5 nitrogen and oxygen atoms in total. The molecule has 1 amide bonds. The SMILES string of the molecule is O=C(N/N=C\c1cc(Cl)ccc1OCCCOc1ccccc1Cl)c1ccccc1. The van der Waals surface area contributed by atoms with Crippen LogP contribution in [0.2, 0.25) is 10.0 Å². The maximum absolute atomic E-state index is 12.1. The van der Waals surface area contributed by atoms with Crippen LogP contribution in [0, 0.1) is 0 Å². The van der Waals surface area contributed by atoms with Gasteiger partial charge in [0.05, 0.1) is 24.5 Å². The normalized spacial score (nSPS) is 10.7. The van der Waals surface area contributed by atoms with E-state index in [-0.39, 0.29) is 5.91 Å². The summed E-state index contributed by atoms with van der Waals surface area (Å²) in [6.45, 7) is 0.900. The van der Waals surface area contributed by atoms with Crippen LogP contribution in [-0.2, 0) is 0 Å². The molecule has 0 bridgehead atoms. The Morgan fingerprint density at radius 3 is 2.37 bits per heavy atom. The van der Waals surface area contributed by atoms with E-state index in [2.05, 4.69) is 10.5 Å². The van der Waals surface area contributed by atoms with Crippen molar-refractivity contribution in [2.75, 3.05) is 13.2 Å². The number of amides is 1. The standard InChI is InChI=1S/C23H20Cl2N2O3/c24-19-11-12-21(29-13-6-14-30-22-10-5-4-9-20(22)25)18(15-19)16-26-27-23(28)17-7-2-1-3-8-17/h1-5,7-12,15-16H,6,13-14H2,(H,27,28)/b26-16-. The molecule has 7 heteroatoms. The first-order chi connectivity index (χ1) is 14.6. The van der Waals surface area contributed by atoms with Gasteiger partial charge in [-0.1, -0.05) is 53.5 Å². The van der Waals surface area contributed by atoms with Gasteiger partial charge >= 0.3 is 0 Å². The number of para-hydroxylation sites is 1. The van der Waals surface area contributed by atoms with Gasteiger partial charge in [-0.25, -0.2) is 5.43 Å². The summed E-state index contributed by atoms with van der Waals surface area (Å²) in [6.07, 6.45) is 2.16. The summed E-state index contributed by atoms with van der Waals surface area (Å²) in [4.78, 5) is 12.1. The Kier molecular flexibility index (Phi) is 8.12. The first kappa shape index (κ1) is 21.7. The quantitative estimate of drug-likeness (QED) is 0.266. The van der Waals surface area contributed by atoms with Crippen LogP contribution in [0.1, 0.15) is 22.3 Å². The number of nitrogens with zero attached hydrogens (tertiary/aromatic N) is 1. The minimum atomic E-state index is -0.298. The van der Waals surface area contributed by atoms with Crippen molar-refractivity contribution in [3.63, 3.8) is 0 Å². The Morgan fingerprint density at radius 2 is 1.60 bits per heavy atom. The molecule has 0 fully saturated rings. The third-order valence-corrected chi connectivity index (χ3v) is 4.57. The monoisotopic (exact) mass is 442 g/mol. The average Bonchev–Trinajstić information content (AvgIpc) is 2.76.